The lowest BCUT2D eigenvalue weighted by atomic mass is 9.73. The topological polar surface area (TPSA) is 17.1 Å². The highest BCUT2D eigenvalue weighted by atomic mass is 16.1. The maximum Gasteiger partial charge on any atom is 0.161 e. The summed E-state index contributed by atoms with van der Waals surface area (Å²) in [5.74, 6) is 0.324. The summed E-state index contributed by atoms with van der Waals surface area (Å²) in [6.07, 6.45) is 9.48. The molecule has 0 saturated heterocycles. The highest BCUT2D eigenvalue weighted by molar-refractivity contribution is 5.94. The second-order valence-corrected chi connectivity index (χ2v) is 3.99. The second-order valence-electron chi connectivity index (χ2n) is 3.99. The van der Waals surface area contributed by atoms with Crippen LogP contribution in [0, 0.1) is 5.41 Å². The van der Waals surface area contributed by atoms with Crippen LogP contribution in [-0.2, 0) is 4.79 Å². The molecule has 0 aromatic carbocycles. The van der Waals surface area contributed by atoms with E-state index in [1.807, 2.05) is 13.0 Å². The Bertz CT molecular complexity index is 185. The number of carbonyl (C=O) groups excluding carboxylic acids is 1. The normalized spacial score (nSPS) is 22.8. The van der Waals surface area contributed by atoms with Crippen molar-refractivity contribution in [3.8, 4) is 0 Å². The van der Waals surface area contributed by atoms with Crippen molar-refractivity contribution in [1.82, 2.24) is 0 Å². The summed E-state index contributed by atoms with van der Waals surface area (Å²) in [7, 11) is 0. The number of carbonyl (C=O) groups is 1. The molecule has 1 rings (SSSR count). The fourth-order valence-electron chi connectivity index (χ4n) is 1.93. The van der Waals surface area contributed by atoms with Crippen molar-refractivity contribution >= 4 is 5.78 Å². The molecule has 0 aromatic heterocycles. The molecule has 1 fully saturated rings. The third kappa shape index (κ3) is 1.96. The van der Waals surface area contributed by atoms with Crippen LogP contribution < -0.4 is 0 Å². The van der Waals surface area contributed by atoms with Crippen LogP contribution in [0.4, 0.5) is 0 Å². The Morgan fingerprint density at radius 1 is 1.25 bits per heavy atom. The fourth-order valence-corrected chi connectivity index (χ4v) is 1.93. The smallest absolute Gasteiger partial charge is 0.161 e. The molecular weight excluding hydrogens is 148 g/mol. The van der Waals surface area contributed by atoms with Crippen molar-refractivity contribution in [2.45, 2.75) is 46.0 Å². The van der Waals surface area contributed by atoms with Crippen molar-refractivity contribution in [3.63, 3.8) is 0 Å². The van der Waals surface area contributed by atoms with Crippen LogP contribution >= 0.6 is 0 Å². The molecule has 1 aliphatic rings. The van der Waals surface area contributed by atoms with Gasteiger partial charge in [0, 0.05) is 5.41 Å². The molecule has 1 heteroatoms. The molecule has 0 heterocycles. The number of hydrogen-bond donors (Lipinski definition) is 0. The van der Waals surface area contributed by atoms with Gasteiger partial charge in [-0.15, -0.1) is 0 Å². The minimum Gasteiger partial charge on any atom is -0.294 e. The number of rotatable bonds is 2. The summed E-state index contributed by atoms with van der Waals surface area (Å²) in [6.45, 7) is 4.01. The third-order valence-corrected chi connectivity index (χ3v) is 2.87. The van der Waals surface area contributed by atoms with Gasteiger partial charge in [-0.05, 0) is 25.8 Å². The lowest BCUT2D eigenvalue weighted by Crippen LogP contribution is -2.28. The zero-order chi connectivity index (χ0) is 9.03. The van der Waals surface area contributed by atoms with Crippen molar-refractivity contribution in [1.29, 1.82) is 0 Å². The number of ketones is 1. The van der Waals surface area contributed by atoms with E-state index in [9.17, 15) is 4.79 Å². The SMILES string of the molecule is C/C=C\C(=O)C1(C)CCCCC1. The maximum absolute atomic E-state index is 11.6. The highest BCUT2D eigenvalue weighted by Crippen LogP contribution is 2.36. The molecule has 0 aromatic rings. The maximum atomic E-state index is 11.6. The Morgan fingerprint density at radius 3 is 2.33 bits per heavy atom. The van der Waals surface area contributed by atoms with Crippen LogP contribution in [0.15, 0.2) is 12.2 Å². The Labute approximate surface area is 74.9 Å². The third-order valence-electron chi connectivity index (χ3n) is 2.87. The molecule has 0 atom stereocenters. The van der Waals surface area contributed by atoms with Gasteiger partial charge in [0.05, 0.1) is 0 Å². The van der Waals surface area contributed by atoms with Crippen LogP contribution in [0.5, 0.6) is 0 Å². The summed E-state index contributed by atoms with van der Waals surface area (Å²) >= 11 is 0. The van der Waals surface area contributed by atoms with Crippen molar-refractivity contribution < 1.29 is 4.79 Å². The Morgan fingerprint density at radius 2 is 1.83 bits per heavy atom. The fraction of sp³-hybridized carbons (Fsp3) is 0.727. The van der Waals surface area contributed by atoms with Crippen molar-refractivity contribution in [2.24, 2.45) is 5.41 Å². The summed E-state index contributed by atoms with van der Waals surface area (Å²) in [5.41, 5.74) is -0.0369. The van der Waals surface area contributed by atoms with E-state index >= 15 is 0 Å². The molecule has 1 nitrogen and oxygen atoms in total. The Kier molecular flexibility index (Phi) is 3.07. The van der Waals surface area contributed by atoms with Crippen LogP contribution in [0.1, 0.15) is 46.0 Å². The number of allylic oxidation sites excluding steroid dienone is 2. The first-order chi connectivity index (χ1) is 5.69. The van der Waals surface area contributed by atoms with E-state index in [2.05, 4.69) is 6.92 Å². The molecule has 1 aliphatic carbocycles. The van der Waals surface area contributed by atoms with Gasteiger partial charge in [0.25, 0.3) is 0 Å². The molecule has 0 N–H and O–H groups in total. The quantitative estimate of drug-likeness (QED) is 0.576. The predicted octanol–water partition coefficient (Wildman–Crippen LogP) is 3.10. The molecule has 0 bridgehead atoms. The first-order valence-electron chi connectivity index (χ1n) is 4.86. The van der Waals surface area contributed by atoms with Gasteiger partial charge in [-0.3, -0.25) is 4.79 Å². The van der Waals surface area contributed by atoms with E-state index < -0.39 is 0 Å². The highest BCUT2D eigenvalue weighted by Gasteiger charge is 2.32. The summed E-state index contributed by atoms with van der Waals surface area (Å²) < 4.78 is 0. The van der Waals surface area contributed by atoms with E-state index in [1.54, 1.807) is 6.08 Å². The summed E-state index contributed by atoms with van der Waals surface area (Å²) in [4.78, 5) is 11.6. The lowest BCUT2D eigenvalue weighted by molar-refractivity contribution is -0.124. The van der Waals surface area contributed by atoms with Gasteiger partial charge in [0.15, 0.2) is 5.78 Å². The molecule has 68 valence electrons. The van der Waals surface area contributed by atoms with Gasteiger partial charge in [0.2, 0.25) is 0 Å². The molecule has 0 unspecified atom stereocenters. The largest absolute Gasteiger partial charge is 0.294 e. The van der Waals surface area contributed by atoms with E-state index in [0.29, 0.717) is 5.78 Å². The molecular formula is C11H18O. The first kappa shape index (κ1) is 9.50. The van der Waals surface area contributed by atoms with Crippen LogP contribution in [-0.4, -0.2) is 5.78 Å². The van der Waals surface area contributed by atoms with Gasteiger partial charge in [-0.1, -0.05) is 32.3 Å². The molecule has 0 aliphatic heterocycles. The standard InChI is InChI=1S/C11H18O/c1-3-7-10(12)11(2)8-5-4-6-9-11/h3,7H,4-6,8-9H2,1-2H3/b7-3-. The zero-order valence-electron chi connectivity index (χ0n) is 8.10. The predicted molar refractivity (Wildman–Crippen MR) is 51.0 cm³/mol. The average Bonchev–Trinajstić information content (AvgIpc) is 2.06. The number of hydrogen-bond acceptors (Lipinski definition) is 1. The molecule has 0 radical (unpaired) electrons. The molecule has 0 spiro atoms. The second kappa shape index (κ2) is 3.88. The minimum absolute atomic E-state index is 0.0369. The molecule has 0 amide bonds. The Balaban J connectivity index is 2.62. The van der Waals surface area contributed by atoms with Gasteiger partial charge in [0.1, 0.15) is 0 Å². The molecule has 1 saturated carbocycles. The Hall–Kier alpha value is -0.590. The molecule has 12 heavy (non-hydrogen) atoms. The van der Waals surface area contributed by atoms with Gasteiger partial charge in [-0.2, -0.15) is 0 Å². The minimum atomic E-state index is -0.0369. The summed E-state index contributed by atoms with van der Waals surface area (Å²) in [5, 5.41) is 0. The van der Waals surface area contributed by atoms with E-state index in [0.717, 1.165) is 12.8 Å². The average molecular weight is 166 g/mol. The lowest BCUT2D eigenvalue weighted by Gasteiger charge is -2.30. The monoisotopic (exact) mass is 166 g/mol. The summed E-state index contributed by atoms with van der Waals surface area (Å²) in [6, 6.07) is 0. The van der Waals surface area contributed by atoms with Gasteiger partial charge >= 0.3 is 0 Å². The van der Waals surface area contributed by atoms with E-state index in [1.165, 1.54) is 19.3 Å². The van der Waals surface area contributed by atoms with Crippen molar-refractivity contribution in [2.75, 3.05) is 0 Å². The van der Waals surface area contributed by atoms with Crippen LogP contribution in [0.2, 0.25) is 0 Å². The van der Waals surface area contributed by atoms with Crippen molar-refractivity contribution in [3.05, 3.63) is 12.2 Å². The van der Waals surface area contributed by atoms with Gasteiger partial charge < -0.3 is 0 Å². The first-order valence-corrected chi connectivity index (χ1v) is 4.86. The van der Waals surface area contributed by atoms with Crippen LogP contribution in [0.3, 0.4) is 0 Å². The van der Waals surface area contributed by atoms with Gasteiger partial charge in [-0.25, -0.2) is 0 Å². The zero-order valence-corrected chi connectivity index (χ0v) is 8.10. The van der Waals surface area contributed by atoms with E-state index in [4.69, 9.17) is 0 Å². The van der Waals surface area contributed by atoms with E-state index in [-0.39, 0.29) is 5.41 Å². The van der Waals surface area contributed by atoms with Crippen LogP contribution in [0.25, 0.3) is 0 Å².